The molecule has 0 saturated carbocycles. The molecule has 1 N–H and O–H groups in total. The first kappa shape index (κ1) is 15.2. The van der Waals surface area contributed by atoms with Crippen molar-refractivity contribution in [3.63, 3.8) is 0 Å². The number of alkyl carbamates (subject to hydrolysis) is 1. The van der Waals surface area contributed by atoms with Crippen molar-refractivity contribution in [1.82, 2.24) is 5.32 Å². The van der Waals surface area contributed by atoms with Crippen LogP contribution in [0.3, 0.4) is 0 Å². The normalized spacial score (nSPS) is 10.9. The minimum atomic E-state index is -0.651. The summed E-state index contributed by atoms with van der Waals surface area (Å²) in [6, 6.07) is 4.34. The van der Waals surface area contributed by atoms with Crippen molar-refractivity contribution in [3.8, 4) is 0 Å². The van der Waals surface area contributed by atoms with E-state index in [0.717, 1.165) is 0 Å². The van der Waals surface area contributed by atoms with E-state index in [1.165, 1.54) is 18.2 Å². The van der Waals surface area contributed by atoms with E-state index in [9.17, 15) is 14.9 Å². The first-order valence-corrected chi connectivity index (χ1v) is 5.97. The standard InChI is InChI=1S/C12H15ClN2O4/c1-12(2,3)19-11(16)14-7-8-9(13)5-4-6-10(8)15(17)18/h4-6H,7H2,1-3H3,(H,14,16). The van der Waals surface area contributed by atoms with Gasteiger partial charge in [0.15, 0.2) is 0 Å². The van der Waals surface area contributed by atoms with E-state index in [-0.39, 0.29) is 22.8 Å². The van der Waals surface area contributed by atoms with Crippen LogP contribution >= 0.6 is 11.6 Å². The Morgan fingerprint density at radius 3 is 2.63 bits per heavy atom. The summed E-state index contributed by atoms with van der Waals surface area (Å²) in [4.78, 5) is 21.8. The maximum Gasteiger partial charge on any atom is 0.407 e. The molecule has 0 atom stereocenters. The molecular formula is C12H15ClN2O4. The van der Waals surface area contributed by atoms with Crippen LogP contribution in [0.4, 0.5) is 10.5 Å². The Bertz CT molecular complexity index is 497. The number of nitrogens with zero attached hydrogens (tertiary/aromatic N) is 1. The number of amides is 1. The van der Waals surface area contributed by atoms with Gasteiger partial charge in [0.1, 0.15) is 5.60 Å². The molecule has 1 aromatic rings. The van der Waals surface area contributed by atoms with Crippen LogP contribution in [0.15, 0.2) is 18.2 Å². The molecule has 6 nitrogen and oxygen atoms in total. The highest BCUT2D eigenvalue weighted by atomic mass is 35.5. The average molecular weight is 287 g/mol. The van der Waals surface area contributed by atoms with E-state index < -0.39 is 16.6 Å². The zero-order chi connectivity index (χ0) is 14.6. The lowest BCUT2D eigenvalue weighted by Crippen LogP contribution is -2.32. The molecule has 0 bridgehead atoms. The van der Waals surface area contributed by atoms with Crippen LogP contribution in [-0.4, -0.2) is 16.6 Å². The molecule has 0 heterocycles. The Hall–Kier alpha value is -1.82. The second-order valence-corrected chi connectivity index (χ2v) is 5.26. The van der Waals surface area contributed by atoms with E-state index in [1.54, 1.807) is 20.8 Å². The van der Waals surface area contributed by atoms with Crippen molar-refractivity contribution in [2.45, 2.75) is 32.9 Å². The number of hydrogen-bond acceptors (Lipinski definition) is 4. The number of carbonyl (C=O) groups is 1. The summed E-state index contributed by atoms with van der Waals surface area (Å²) in [7, 11) is 0. The predicted octanol–water partition coefficient (Wildman–Crippen LogP) is 3.27. The number of carbonyl (C=O) groups excluding carboxylic acids is 1. The van der Waals surface area contributed by atoms with Crippen molar-refractivity contribution >= 4 is 23.4 Å². The summed E-state index contributed by atoms with van der Waals surface area (Å²) < 4.78 is 5.04. The van der Waals surface area contributed by atoms with Gasteiger partial charge in [-0.2, -0.15) is 0 Å². The Balaban J connectivity index is 2.78. The van der Waals surface area contributed by atoms with Crippen LogP contribution in [0.2, 0.25) is 5.02 Å². The average Bonchev–Trinajstić information content (AvgIpc) is 2.24. The summed E-state index contributed by atoms with van der Waals surface area (Å²) in [5.41, 5.74) is -0.514. The summed E-state index contributed by atoms with van der Waals surface area (Å²) in [6.45, 7) is 5.12. The number of hydrogen-bond donors (Lipinski definition) is 1. The summed E-state index contributed by atoms with van der Waals surface area (Å²) in [5, 5.41) is 13.5. The van der Waals surface area contributed by atoms with Gasteiger partial charge in [-0.05, 0) is 26.8 Å². The van der Waals surface area contributed by atoms with Gasteiger partial charge in [-0.1, -0.05) is 17.7 Å². The number of benzene rings is 1. The molecule has 0 radical (unpaired) electrons. The van der Waals surface area contributed by atoms with Crippen molar-refractivity contribution in [2.24, 2.45) is 0 Å². The Kier molecular flexibility index (Phi) is 4.72. The molecule has 0 unspecified atom stereocenters. The van der Waals surface area contributed by atoms with Gasteiger partial charge in [-0.25, -0.2) is 4.79 Å². The predicted molar refractivity (Wildman–Crippen MR) is 71.2 cm³/mol. The van der Waals surface area contributed by atoms with Crippen molar-refractivity contribution in [1.29, 1.82) is 0 Å². The first-order valence-electron chi connectivity index (χ1n) is 5.59. The molecule has 0 fully saturated rings. The highest BCUT2D eigenvalue weighted by Gasteiger charge is 2.19. The van der Waals surface area contributed by atoms with E-state index in [4.69, 9.17) is 16.3 Å². The maximum absolute atomic E-state index is 11.5. The molecule has 7 heteroatoms. The SMILES string of the molecule is CC(C)(C)OC(=O)NCc1c(Cl)cccc1[N+](=O)[O-]. The second kappa shape index (κ2) is 5.88. The van der Waals surface area contributed by atoms with Gasteiger partial charge in [-0.3, -0.25) is 10.1 Å². The molecule has 104 valence electrons. The van der Waals surface area contributed by atoms with Gasteiger partial charge in [-0.15, -0.1) is 0 Å². The van der Waals surface area contributed by atoms with Gasteiger partial charge in [0.05, 0.1) is 22.1 Å². The van der Waals surface area contributed by atoms with Crippen LogP contribution in [0.5, 0.6) is 0 Å². The molecule has 1 rings (SSSR count). The third-order valence-electron chi connectivity index (χ3n) is 2.10. The summed E-state index contributed by atoms with van der Waals surface area (Å²) in [6.07, 6.45) is -0.651. The molecule has 0 aliphatic heterocycles. The number of rotatable bonds is 3. The van der Waals surface area contributed by atoms with Crippen LogP contribution < -0.4 is 5.32 Å². The van der Waals surface area contributed by atoms with Crippen molar-refractivity contribution in [2.75, 3.05) is 0 Å². The zero-order valence-corrected chi connectivity index (χ0v) is 11.7. The highest BCUT2D eigenvalue weighted by molar-refractivity contribution is 6.31. The van der Waals surface area contributed by atoms with Gasteiger partial charge >= 0.3 is 6.09 Å². The number of nitrogens with one attached hydrogen (secondary N) is 1. The number of halogens is 1. The Morgan fingerprint density at radius 2 is 2.11 bits per heavy atom. The van der Waals surface area contributed by atoms with Crippen molar-refractivity contribution in [3.05, 3.63) is 38.9 Å². The maximum atomic E-state index is 11.5. The first-order chi connectivity index (χ1) is 8.70. The number of nitro groups is 1. The van der Waals surface area contributed by atoms with E-state index in [0.29, 0.717) is 0 Å². The monoisotopic (exact) mass is 286 g/mol. The van der Waals surface area contributed by atoms with Crippen molar-refractivity contribution < 1.29 is 14.5 Å². The zero-order valence-electron chi connectivity index (χ0n) is 10.9. The molecule has 0 saturated heterocycles. The molecule has 1 amide bonds. The molecule has 0 aromatic heterocycles. The highest BCUT2D eigenvalue weighted by Crippen LogP contribution is 2.25. The Labute approximate surface area is 115 Å². The van der Waals surface area contributed by atoms with E-state index >= 15 is 0 Å². The van der Waals surface area contributed by atoms with Crippen LogP contribution in [0.1, 0.15) is 26.3 Å². The number of nitro benzene ring substituents is 1. The fraction of sp³-hybridized carbons (Fsp3) is 0.417. The fourth-order valence-corrected chi connectivity index (χ4v) is 1.60. The lowest BCUT2D eigenvalue weighted by molar-refractivity contribution is -0.385. The van der Waals surface area contributed by atoms with Crippen LogP contribution in [-0.2, 0) is 11.3 Å². The fourth-order valence-electron chi connectivity index (χ4n) is 1.37. The summed E-state index contributed by atoms with van der Waals surface area (Å²) >= 11 is 5.89. The van der Waals surface area contributed by atoms with Gasteiger partial charge < -0.3 is 10.1 Å². The van der Waals surface area contributed by atoms with E-state index in [2.05, 4.69) is 5.32 Å². The van der Waals surface area contributed by atoms with Gasteiger partial charge in [0.2, 0.25) is 0 Å². The van der Waals surface area contributed by atoms with E-state index in [1.807, 2.05) is 0 Å². The number of ether oxygens (including phenoxy) is 1. The third-order valence-corrected chi connectivity index (χ3v) is 2.45. The van der Waals surface area contributed by atoms with Crippen LogP contribution in [0, 0.1) is 10.1 Å². The molecule has 0 spiro atoms. The van der Waals surface area contributed by atoms with Gasteiger partial charge in [0, 0.05) is 6.07 Å². The Morgan fingerprint density at radius 1 is 1.47 bits per heavy atom. The molecule has 0 aliphatic carbocycles. The largest absolute Gasteiger partial charge is 0.444 e. The quantitative estimate of drug-likeness (QED) is 0.683. The smallest absolute Gasteiger partial charge is 0.407 e. The lowest BCUT2D eigenvalue weighted by Gasteiger charge is -2.19. The minimum Gasteiger partial charge on any atom is -0.444 e. The third kappa shape index (κ3) is 4.75. The summed E-state index contributed by atoms with van der Waals surface area (Å²) in [5.74, 6) is 0. The van der Waals surface area contributed by atoms with Gasteiger partial charge in [0.25, 0.3) is 5.69 Å². The molecule has 1 aromatic carbocycles. The molecular weight excluding hydrogens is 272 g/mol. The molecule has 0 aliphatic rings. The topological polar surface area (TPSA) is 81.5 Å². The minimum absolute atomic E-state index is 0.0646. The molecule has 19 heavy (non-hydrogen) atoms. The van der Waals surface area contributed by atoms with Crippen LogP contribution in [0.25, 0.3) is 0 Å². The lowest BCUT2D eigenvalue weighted by atomic mass is 10.2. The second-order valence-electron chi connectivity index (χ2n) is 4.85.